The summed E-state index contributed by atoms with van der Waals surface area (Å²) in [7, 11) is 0. The Labute approximate surface area is 82.6 Å². The van der Waals surface area contributed by atoms with Crippen LogP contribution in [0, 0.1) is 6.61 Å². The van der Waals surface area contributed by atoms with E-state index < -0.39 is 18.3 Å². The van der Waals surface area contributed by atoms with Gasteiger partial charge in [-0.05, 0) is 6.42 Å². The van der Waals surface area contributed by atoms with E-state index in [-0.39, 0.29) is 12.6 Å². The minimum Gasteiger partial charge on any atom is -0.463 e. The van der Waals surface area contributed by atoms with Gasteiger partial charge in [0, 0.05) is 6.42 Å². The van der Waals surface area contributed by atoms with E-state index in [1.807, 2.05) is 6.92 Å². The van der Waals surface area contributed by atoms with Crippen molar-refractivity contribution in [3.05, 3.63) is 6.61 Å². The second-order valence-electron chi connectivity index (χ2n) is 3.22. The Morgan fingerprint density at radius 3 is 2.79 bits per heavy atom. The first-order valence-electron chi connectivity index (χ1n) is 4.65. The minimum atomic E-state index is -1.01. The molecule has 3 atom stereocenters. The van der Waals surface area contributed by atoms with Crippen LogP contribution in [0.15, 0.2) is 0 Å². The maximum absolute atomic E-state index is 11.0. The SMILES string of the molecule is CCCC(=O)OC[C@H]1O[CH][C@H](O)[C@@H]1O. The fourth-order valence-electron chi connectivity index (χ4n) is 1.15. The first-order valence-corrected chi connectivity index (χ1v) is 4.65. The first-order chi connectivity index (χ1) is 6.65. The van der Waals surface area contributed by atoms with Gasteiger partial charge in [-0.3, -0.25) is 4.79 Å². The van der Waals surface area contributed by atoms with E-state index in [2.05, 4.69) is 0 Å². The quantitative estimate of drug-likeness (QED) is 0.609. The van der Waals surface area contributed by atoms with Crippen molar-refractivity contribution in [1.29, 1.82) is 0 Å². The van der Waals surface area contributed by atoms with Gasteiger partial charge >= 0.3 is 5.97 Å². The van der Waals surface area contributed by atoms with E-state index >= 15 is 0 Å². The molecule has 2 N–H and O–H groups in total. The van der Waals surface area contributed by atoms with E-state index in [4.69, 9.17) is 14.6 Å². The van der Waals surface area contributed by atoms with Gasteiger partial charge in [0.15, 0.2) is 0 Å². The van der Waals surface area contributed by atoms with Crippen LogP contribution >= 0.6 is 0 Å². The Morgan fingerprint density at radius 2 is 2.29 bits per heavy atom. The van der Waals surface area contributed by atoms with Gasteiger partial charge in [0.05, 0.1) is 0 Å². The number of carbonyl (C=O) groups is 1. The van der Waals surface area contributed by atoms with Crippen molar-refractivity contribution in [2.75, 3.05) is 6.61 Å². The molecule has 1 fully saturated rings. The van der Waals surface area contributed by atoms with Crippen LogP contribution in [0.2, 0.25) is 0 Å². The summed E-state index contributed by atoms with van der Waals surface area (Å²) in [5.74, 6) is -0.315. The molecule has 0 spiro atoms. The molecule has 0 bridgehead atoms. The number of carbonyl (C=O) groups excluding carboxylic acids is 1. The van der Waals surface area contributed by atoms with Crippen molar-refractivity contribution in [2.45, 2.75) is 38.1 Å². The van der Waals surface area contributed by atoms with Crippen LogP contribution in [-0.4, -0.2) is 41.1 Å². The number of hydrogen-bond acceptors (Lipinski definition) is 5. The van der Waals surface area contributed by atoms with Gasteiger partial charge in [-0.1, -0.05) is 6.92 Å². The Kier molecular flexibility index (Phi) is 4.31. The number of esters is 1. The summed E-state index contributed by atoms with van der Waals surface area (Å²) in [5, 5.41) is 18.4. The van der Waals surface area contributed by atoms with E-state index in [1.54, 1.807) is 0 Å². The van der Waals surface area contributed by atoms with E-state index in [9.17, 15) is 9.90 Å². The predicted molar refractivity (Wildman–Crippen MR) is 47.1 cm³/mol. The summed E-state index contributed by atoms with van der Waals surface area (Å²) in [6.07, 6.45) is -1.57. The molecule has 14 heavy (non-hydrogen) atoms. The van der Waals surface area contributed by atoms with Crippen molar-refractivity contribution < 1.29 is 24.5 Å². The largest absolute Gasteiger partial charge is 0.463 e. The summed E-state index contributed by atoms with van der Waals surface area (Å²) >= 11 is 0. The van der Waals surface area contributed by atoms with Crippen molar-refractivity contribution in [1.82, 2.24) is 0 Å². The number of rotatable bonds is 4. The molecule has 1 heterocycles. The highest BCUT2D eigenvalue weighted by Gasteiger charge is 2.35. The molecular weight excluding hydrogens is 188 g/mol. The first kappa shape index (κ1) is 11.4. The molecule has 1 aliphatic heterocycles. The van der Waals surface area contributed by atoms with Crippen LogP contribution in [0.3, 0.4) is 0 Å². The zero-order valence-corrected chi connectivity index (χ0v) is 8.05. The van der Waals surface area contributed by atoms with Gasteiger partial charge in [0.1, 0.15) is 31.5 Å². The van der Waals surface area contributed by atoms with Crippen LogP contribution in [0.5, 0.6) is 0 Å². The lowest BCUT2D eigenvalue weighted by atomic mass is 10.2. The third-order valence-corrected chi connectivity index (χ3v) is 1.99. The second-order valence-corrected chi connectivity index (χ2v) is 3.22. The summed E-state index contributed by atoms with van der Waals surface area (Å²) in [6, 6.07) is 0. The Balaban J connectivity index is 2.22. The predicted octanol–water partition coefficient (Wildman–Crippen LogP) is -0.388. The molecule has 0 aromatic rings. The molecule has 1 radical (unpaired) electrons. The lowest BCUT2D eigenvalue weighted by Gasteiger charge is -2.14. The zero-order chi connectivity index (χ0) is 10.6. The van der Waals surface area contributed by atoms with Gasteiger partial charge in [-0.15, -0.1) is 0 Å². The number of hydrogen-bond donors (Lipinski definition) is 2. The molecule has 81 valence electrons. The topological polar surface area (TPSA) is 76.0 Å². The molecule has 5 heteroatoms. The molecule has 5 nitrogen and oxygen atoms in total. The second kappa shape index (κ2) is 5.29. The van der Waals surface area contributed by atoms with Crippen LogP contribution in [0.25, 0.3) is 0 Å². The van der Waals surface area contributed by atoms with Crippen molar-refractivity contribution in [3.63, 3.8) is 0 Å². The Hall–Kier alpha value is -0.650. The standard InChI is InChI=1S/C9H15O5/c1-2-3-8(11)14-5-7-9(12)6(10)4-13-7/h4,6-7,9-10,12H,2-3,5H2,1H3/t6-,7+,9-/m0/s1. The third kappa shape index (κ3) is 2.94. The molecule has 0 unspecified atom stereocenters. The lowest BCUT2D eigenvalue weighted by molar-refractivity contribution is -0.148. The molecule has 0 aliphatic carbocycles. The Bertz CT molecular complexity index is 194. The number of aliphatic hydroxyl groups is 2. The number of ether oxygens (including phenoxy) is 2. The average Bonchev–Trinajstić information content (AvgIpc) is 2.46. The number of aliphatic hydroxyl groups excluding tert-OH is 2. The van der Waals surface area contributed by atoms with Gasteiger partial charge in [-0.2, -0.15) is 0 Å². The molecule has 1 rings (SSSR count). The average molecular weight is 203 g/mol. The molecule has 0 amide bonds. The van der Waals surface area contributed by atoms with E-state index in [0.717, 1.165) is 13.0 Å². The minimum absolute atomic E-state index is 0.0203. The summed E-state index contributed by atoms with van der Waals surface area (Å²) in [6.45, 7) is 3.00. The monoisotopic (exact) mass is 203 g/mol. The Morgan fingerprint density at radius 1 is 1.57 bits per heavy atom. The molecule has 0 saturated carbocycles. The normalized spacial score (nSPS) is 31.8. The van der Waals surface area contributed by atoms with Crippen LogP contribution < -0.4 is 0 Å². The van der Waals surface area contributed by atoms with Gasteiger partial charge in [-0.25, -0.2) is 0 Å². The zero-order valence-electron chi connectivity index (χ0n) is 8.05. The third-order valence-electron chi connectivity index (χ3n) is 1.99. The highest BCUT2D eigenvalue weighted by Crippen LogP contribution is 2.17. The molecular formula is C9H15O5. The van der Waals surface area contributed by atoms with E-state index in [1.165, 1.54) is 0 Å². The van der Waals surface area contributed by atoms with Crippen LogP contribution in [0.4, 0.5) is 0 Å². The molecule has 0 aromatic heterocycles. The van der Waals surface area contributed by atoms with Crippen molar-refractivity contribution in [2.24, 2.45) is 0 Å². The maximum Gasteiger partial charge on any atom is 0.305 e. The fraction of sp³-hybridized carbons (Fsp3) is 0.778. The summed E-state index contributed by atoms with van der Waals surface area (Å²) < 4.78 is 9.73. The lowest BCUT2D eigenvalue weighted by Crippen LogP contribution is -2.33. The van der Waals surface area contributed by atoms with E-state index in [0.29, 0.717) is 6.42 Å². The highest BCUT2D eigenvalue weighted by molar-refractivity contribution is 5.69. The maximum atomic E-state index is 11.0. The highest BCUT2D eigenvalue weighted by atomic mass is 16.6. The van der Waals surface area contributed by atoms with Gasteiger partial charge < -0.3 is 19.7 Å². The van der Waals surface area contributed by atoms with Gasteiger partial charge in [0.2, 0.25) is 0 Å². The fourth-order valence-corrected chi connectivity index (χ4v) is 1.15. The smallest absolute Gasteiger partial charge is 0.305 e. The molecule has 0 aromatic carbocycles. The summed E-state index contributed by atoms with van der Waals surface area (Å²) in [4.78, 5) is 11.0. The molecule has 1 saturated heterocycles. The molecule has 1 aliphatic rings. The van der Waals surface area contributed by atoms with Gasteiger partial charge in [0.25, 0.3) is 0 Å². The van der Waals surface area contributed by atoms with Crippen LogP contribution in [0.1, 0.15) is 19.8 Å². The summed E-state index contributed by atoms with van der Waals surface area (Å²) in [5.41, 5.74) is 0. The van der Waals surface area contributed by atoms with Crippen molar-refractivity contribution in [3.8, 4) is 0 Å². The van der Waals surface area contributed by atoms with Crippen LogP contribution in [-0.2, 0) is 14.3 Å². The van der Waals surface area contributed by atoms with Crippen molar-refractivity contribution >= 4 is 5.97 Å².